The van der Waals surface area contributed by atoms with Gasteiger partial charge in [-0.1, -0.05) is 6.07 Å². The molecule has 0 atom stereocenters. The molecule has 0 bridgehead atoms. The van der Waals surface area contributed by atoms with Crippen molar-refractivity contribution in [1.29, 1.82) is 0 Å². The van der Waals surface area contributed by atoms with E-state index in [4.69, 9.17) is 4.74 Å². The molecule has 1 saturated heterocycles. The van der Waals surface area contributed by atoms with E-state index in [1.165, 1.54) is 6.07 Å². The molecule has 0 spiro atoms. The number of amides is 1. The topological polar surface area (TPSA) is 50.4 Å². The fraction of sp³-hybridized carbons (Fsp3) is 0.667. The second kappa shape index (κ2) is 9.11. The first-order valence-electron chi connectivity index (χ1n) is 10.0. The summed E-state index contributed by atoms with van der Waals surface area (Å²) in [7, 11) is 1.68. The Morgan fingerprint density at radius 1 is 1.19 bits per heavy atom. The lowest BCUT2D eigenvalue weighted by Gasteiger charge is -2.37. The molecule has 2 aliphatic rings. The van der Waals surface area contributed by atoms with Gasteiger partial charge in [0.25, 0.3) is 0 Å². The van der Waals surface area contributed by atoms with Crippen molar-refractivity contribution in [2.75, 3.05) is 26.8 Å². The van der Waals surface area contributed by atoms with Crippen LogP contribution in [0.1, 0.15) is 56.4 Å². The van der Waals surface area contributed by atoms with Gasteiger partial charge < -0.3 is 15.4 Å². The van der Waals surface area contributed by atoms with Gasteiger partial charge in [0.2, 0.25) is 5.91 Å². The second-order valence-corrected chi connectivity index (χ2v) is 7.87. The van der Waals surface area contributed by atoms with Crippen molar-refractivity contribution in [1.82, 2.24) is 10.6 Å². The number of nitrogens with one attached hydrogen (secondary N) is 2. The van der Waals surface area contributed by atoms with Crippen molar-refractivity contribution < 1.29 is 18.3 Å². The molecular formula is C21H30F2N2O2. The summed E-state index contributed by atoms with van der Waals surface area (Å²) in [5, 5.41) is 6.28. The highest BCUT2D eigenvalue weighted by molar-refractivity contribution is 5.86. The third-order valence-electron chi connectivity index (χ3n) is 6.27. The minimum atomic E-state index is -0.519. The molecule has 150 valence electrons. The van der Waals surface area contributed by atoms with Crippen LogP contribution in [0.15, 0.2) is 18.2 Å². The lowest BCUT2D eigenvalue weighted by Crippen LogP contribution is -2.59. The van der Waals surface area contributed by atoms with E-state index < -0.39 is 17.2 Å². The zero-order chi connectivity index (χ0) is 19.3. The van der Waals surface area contributed by atoms with Crippen molar-refractivity contribution in [3.05, 3.63) is 35.4 Å². The number of benzene rings is 1. The first-order chi connectivity index (χ1) is 13.0. The third kappa shape index (κ3) is 4.85. The summed E-state index contributed by atoms with van der Waals surface area (Å²) in [4.78, 5) is 12.3. The quantitative estimate of drug-likeness (QED) is 0.794. The Morgan fingerprint density at radius 3 is 2.52 bits per heavy atom. The summed E-state index contributed by atoms with van der Waals surface area (Å²) in [6.07, 6.45) is 6.35. The van der Waals surface area contributed by atoms with Gasteiger partial charge in [0.05, 0.1) is 0 Å². The number of ether oxygens (including phenoxy) is 1. The van der Waals surface area contributed by atoms with Crippen LogP contribution in [-0.2, 0) is 9.53 Å². The average molecular weight is 380 g/mol. The maximum absolute atomic E-state index is 14.0. The van der Waals surface area contributed by atoms with E-state index in [9.17, 15) is 13.6 Å². The number of hydrogen-bond acceptors (Lipinski definition) is 3. The van der Waals surface area contributed by atoms with Crippen LogP contribution in [-0.4, -0.2) is 38.3 Å². The van der Waals surface area contributed by atoms with Crippen molar-refractivity contribution in [2.45, 2.75) is 56.4 Å². The molecule has 1 aliphatic heterocycles. The monoisotopic (exact) mass is 380 g/mol. The fourth-order valence-electron chi connectivity index (χ4n) is 4.55. The maximum atomic E-state index is 14.0. The van der Waals surface area contributed by atoms with Crippen molar-refractivity contribution >= 4 is 5.91 Å². The third-order valence-corrected chi connectivity index (χ3v) is 6.27. The Kier molecular flexibility index (Phi) is 6.82. The van der Waals surface area contributed by atoms with Crippen molar-refractivity contribution in [2.24, 2.45) is 5.92 Å². The summed E-state index contributed by atoms with van der Waals surface area (Å²) in [5.41, 5.74) is 0.135. The maximum Gasteiger partial charge on any atom is 0.240 e. The van der Waals surface area contributed by atoms with E-state index in [1.807, 2.05) is 0 Å². The molecule has 0 radical (unpaired) electrons. The standard InChI is InChI=1S/C21H30F2N2O2/c1-24-20(26)21(9-12-27-13-10-21)25-11-8-15-2-4-16(5-3-15)18-7-6-17(22)14-19(18)23/h6-7,14-16,25H,2-5,8-13H2,1H3,(H,24,26)/t15-,16+. The molecular weight excluding hydrogens is 350 g/mol. The number of hydrogen-bond donors (Lipinski definition) is 2. The summed E-state index contributed by atoms with van der Waals surface area (Å²) in [6.45, 7) is 2.01. The number of rotatable bonds is 6. The number of carbonyl (C=O) groups excluding carboxylic acids is 1. The predicted molar refractivity (Wildman–Crippen MR) is 101 cm³/mol. The minimum absolute atomic E-state index is 0.0429. The van der Waals surface area contributed by atoms with Crippen LogP contribution in [0.25, 0.3) is 0 Å². The molecule has 3 rings (SSSR count). The van der Waals surface area contributed by atoms with Gasteiger partial charge in [-0.25, -0.2) is 8.78 Å². The molecule has 27 heavy (non-hydrogen) atoms. The zero-order valence-corrected chi connectivity index (χ0v) is 16.0. The van der Waals surface area contributed by atoms with Crippen molar-refractivity contribution in [3.8, 4) is 0 Å². The molecule has 1 heterocycles. The molecule has 1 amide bonds. The van der Waals surface area contributed by atoms with E-state index in [-0.39, 0.29) is 11.8 Å². The Bertz CT molecular complexity index is 639. The minimum Gasteiger partial charge on any atom is -0.381 e. The van der Waals surface area contributed by atoms with Crippen LogP contribution in [0.2, 0.25) is 0 Å². The second-order valence-electron chi connectivity index (χ2n) is 7.87. The molecule has 1 saturated carbocycles. The van der Waals surface area contributed by atoms with Gasteiger partial charge in [0.15, 0.2) is 0 Å². The molecule has 1 aromatic carbocycles. The Labute approximate surface area is 160 Å². The van der Waals surface area contributed by atoms with E-state index >= 15 is 0 Å². The van der Waals surface area contributed by atoms with E-state index in [0.29, 0.717) is 37.5 Å². The summed E-state index contributed by atoms with van der Waals surface area (Å²) >= 11 is 0. The number of likely N-dealkylation sites (N-methyl/N-ethyl adjacent to an activating group) is 1. The van der Waals surface area contributed by atoms with Gasteiger partial charge in [-0.05, 0) is 75.0 Å². The van der Waals surface area contributed by atoms with Crippen LogP contribution in [0.5, 0.6) is 0 Å². The van der Waals surface area contributed by atoms with Crippen LogP contribution in [0.3, 0.4) is 0 Å². The molecule has 0 unspecified atom stereocenters. The Balaban J connectivity index is 1.47. The number of carbonyl (C=O) groups is 1. The Morgan fingerprint density at radius 2 is 1.89 bits per heavy atom. The fourth-order valence-corrected chi connectivity index (χ4v) is 4.55. The van der Waals surface area contributed by atoms with Gasteiger partial charge in [0.1, 0.15) is 17.2 Å². The molecule has 2 N–H and O–H groups in total. The highest BCUT2D eigenvalue weighted by atomic mass is 19.1. The Hall–Kier alpha value is -1.53. The SMILES string of the molecule is CNC(=O)C1(NCC[C@H]2CC[C@@H](c3ccc(F)cc3F)CC2)CCOCC1. The smallest absolute Gasteiger partial charge is 0.240 e. The average Bonchev–Trinajstić information content (AvgIpc) is 2.69. The largest absolute Gasteiger partial charge is 0.381 e. The van der Waals surface area contributed by atoms with Gasteiger partial charge in [-0.15, -0.1) is 0 Å². The molecule has 2 fully saturated rings. The molecule has 1 aromatic rings. The van der Waals surface area contributed by atoms with E-state index in [2.05, 4.69) is 10.6 Å². The van der Waals surface area contributed by atoms with E-state index in [0.717, 1.165) is 44.7 Å². The zero-order valence-electron chi connectivity index (χ0n) is 16.0. The summed E-state index contributed by atoms with van der Waals surface area (Å²) < 4.78 is 32.5. The van der Waals surface area contributed by atoms with Crippen LogP contribution < -0.4 is 10.6 Å². The van der Waals surface area contributed by atoms with Gasteiger partial charge in [-0.3, -0.25) is 4.79 Å². The highest BCUT2D eigenvalue weighted by Crippen LogP contribution is 2.38. The van der Waals surface area contributed by atoms with Crippen LogP contribution >= 0.6 is 0 Å². The first kappa shape index (κ1) is 20.2. The summed E-state index contributed by atoms with van der Waals surface area (Å²) in [6, 6.07) is 3.92. The predicted octanol–water partition coefficient (Wildman–Crippen LogP) is 3.51. The normalized spacial score (nSPS) is 25.1. The van der Waals surface area contributed by atoms with Crippen LogP contribution in [0.4, 0.5) is 8.78 Å². The molecule has 0 aromatic heterocycles. The van der Waals surface area contributed by atoms with Gasteiger partial charge in [-0.2, -0.15) is 0 Å². The first-order valence-corrected chi connectivity index (χ1v) is 10.0. The highest BCUT2D eigenvalue weighted by Gasteiger charge is 2.39. The molecule has 1 aliphatic carbocycles. The van der Waals surface area contributed by atoms with Gasteiger partial charge in [0, 0.05) is 26.3 Å². The van der Waals surface area contributed by atoms with E-state index in [1.54, 1.807) is 13.1 Å². The summed E-state index contributed by atoms with van der Waals surface area (Å²) in [5.74, 6) is -0.135. The molecule has 6 heteroatoms. The van der Waals surface area contributed by atoms with Gasteiger partial charge >= 0.3 is 0 Å². The van der Waals surface area contributed by atoms with Crippen LogP contribution in [0, 0.1) is 17.6 Å². The molecule has 4 nitrogen and oxygen atoms in total. The number of halogens is 2. The lowest BCUT2D eigenvalue weighted by atomic mass is 9.77. The van der Waals surface area contributed by atoms with Crippen molar-refractivity contribution in [3.63, 3.8) is 0 Å². The lowest BCUT2D eigenvalue weighted by molar-refractivity contribution is -0.131.